The lowest BCUT2D eigenvalue weighted by atomic mass is 10.1. The van der Waals surface area contributed by atoms with Crippen LogP contribution in [0, 0.1) is 20.8 Å². The van der Waals surface area contributed by atoms with Crippen molar-refractivity contribution in [1.82, 2.24) is 0 Å². The van der Waals surface area contributed by atoms with Crippen LogP contribution in [-0.4, -0.2) is 12.5 Å². The van der Waals surface area contributed by atoms with Crippen LogP contribution in [-0.2, 0) is 4.79 Å². The minimum absolute atomic E-state index is 0.0476. The summed E-state index contributed by atoms with van der Waals surface area (Å²) in [6, 6.07) is 17.6. The Hall–Kier alpha value is -3.27. The third-order valence-corrected chi connectivity index (χ3v) is 4.66. The molecular weight excluding hydrogens is 338 g/mol. The Labute approximate surface area is 157 Å². The molecule has 4 nitrogen and oxygen atoms in total. The summed E-state index contributed by atoms with van der Waals surface area (Å²) in [5.74, 6) is 0.462. The standard InChI is InChI=1S/C23H21NO3/c1-14-10-15(2)23(16(3)11-14)24-22(25)13-26-17-8-9-21-19(12-17)18-6-4-5-7-20(18)27-21/h4-12H,13H2,1-3H3,(H,24,25). The van der Waals surface area contributed by atoms with E-state index in [9.17, 15) is 4.79 Å². The summed E-state index contributed by atoms with van der Waals surface area (Å²) in [5, 5.41) is 4.97. The molecular formula is C23H21NO3. The van der Waals surface area contributed by atoms with Gasteiger partial charge >= 0.3 is 0 Å². The summed E-state index contributed by atoms with van der Waals surface area (Å²) in [5.41, 5.74) is 5.77. The van der Waals surface area contributed by atoms with E-state index in [1.165, 1.54) is 5.56 Å². The number of benzene rings is 3. The van der Waals surface area contributed by atoms with Gasteiger partial charge < -0.3 is 14.5 Å². The highest BCUT2D eigenvalue weighted by molar-refractivity contribution is 6.05. The maximum absolute atomic E-state index is 12.3. The van der Waals surface area contributed by atoms with E-state index in [1.54, 1.807) is 0 Å². The van der Waals surface area contributed by atoms with Crippen LogP contribution in [0.2, 0.25) is 0 Å². The first-order valence-electron chi connectivity index (χ1n) is 8.93. The minimum Gasteiger partial charge on any atom is -0.484 e. The van der Waals surface area contributed by atoms with Crippen LogP contribution >= 0.6 is 0 Å². The highest BCUT2D eigenvalue weighted by Gasteiger charge is 2.11. The number of anilines is 1. The molecule has 0 saturated carbocycles. The molecule has 0 spiro atoms. The van der Waals surface area contributed by atoms with Crippen LogP contribution in [0.5, 0.6) is 5.75 Å². The summed E-state index contributed by atoms with van der Waals surface area (Å²) in [7, 11) is 0. The first-order chi connectivity index (χ1) is 13.0. The molecule has 0 aliphatic heterocycles. The number of hydrogen-bond donors (Lipinski definition) is 1. The van der Waals surface area contributed by atoms with E-state index in [1.807, 2.05) is 63.2 Å². The third-order valence-electron chi connectivity index (χ3n) is 4.66. The fourth-order valence-electron chi connectivity index (χ4n) is 3.50. The highest BCUT2D eigenvalue weighted by atomic mass is 16.5. The number of furan rings is 1. The zero-order valence-electron chi connectivity index (χ0n) is 15.6. The third kappa shape index (κ3) is 3.38. The lowest BCUT2D eigenvalue weighted by Gasteiger charge is -2.13. The van der Waals surface area contributed by atoms with Crippen molar-refractivity contribution < 1.29 is 13.9 Å². The van der Waals surface area contributed by atoms with Crippen molar-refractivity contribution in [3.8, 4) is 5.75 Å². The largest absolute Gasteiger partial charge is 0.484 e. The Bertz CT molecular complexity index is 1130. The van der Waals surface area contributed by atoms with Gasteiger partial charge in [-0.2, -0.15) is 0 Å². The molecule has 27 heavy (non-hydrogen) atoms. The Balaban J connectivity index is 1.50. The average molecular weight is 359 g/mol. The Morgan fingerprint density at radius 1 is 0.926 bits per heavy atom. The number of fused-ring (bicyclic) bond motifs is 3. The molecule has 0 aliphatic carbocycles. The van der Waals surface area contributed by atoms with Gasteiger partial charge in [0.2, 0.25) is 0 Å². The van der Waals surface area contributed by atoms with Gasteiger partial charge in [-0.3, -0.25) is 4.79 Å². The van der Waals surface area contributed by atoms with Crippen molar-refractivity contribution in [2.24, 2.45) is 0 Å². The summed E-state index contributed by atoms with van der Waals surface area (Å²) in [6.45, 7) is 5.99. The van der Waals surface area contributed by atoms with Crippen LogP contribution in [0.4, 0.5) is 5.69 Å². The molecule has 1 heterocycles. The number of para-hydroxylation sites is 1. The van der Waals surface area contributed by atoms with E-state index in [2.05, 4.69) is 17.4 Å². The van der Waals surface area contributed by atoms with Crippen molar-refractivity contribution in [3.63, 3.8) is 0 Å². The summed E-state index contributed by atoms with van der Waals surface area (Å²) >= 11 is 0. The van der Waals surface area contributed by atoms with Crippen LogP contribution in [0.25, 0.3) is 21.9 Å². The summed E-state index contributed by atoms with van der Waals surface area (Å²) in [6.07, 6.45) is 0. The van der Waals surface area contributed by atoms with E-state index >= 15 is 0 Å². The van der Waals surface area contributed by atoms with Crippen molar-refractivity contribution >= 4 is 33.5 Å². The molecule has 1 N–H and O–H groups in total. The summed E-state index contributed by atoms with van der Waals surface area (Å²) in [4.78, 5) is 12.3. The van der Waals surface area contributed by atoms with E-state index in [0.29, 0.717) is 5.75 Å². The Morgan fingerprint density at radius 3 is 2.41 bits per heavy atom. The van der Waals surface area contributed by atoms with Gasteiger partial charge in [0.05, 0.1) is 0 Å². The van der Waals surface area contributed by atoms with E-state index < -0.39 is 0 Å². The SMILES string of the molecule is Cc1cc(C)c(NC(=O)COc2ccc3oc4ccccc4c3c2)c(C)c1. The molecule has 0 unspecified atom stereocenters. The average Bonchev–Trinajstić information content (AvgIpc) is 3.01. The quantitative estimate of drug-likeness (QED) is 0.521. The zero-order chi connectivity index (χ0) is 19.0. The van der Waals surface area contributed by atoms with E-state index in [-0.39, 0.29) is 12.5 Å². The van der Waals surface area contributed by atoms with Gasteiger partial charge in [-0.1, -0.05) is 35.9 Å². The van der Waals surface area contributed by atoms with Gasteiger partial charge in [0.15, 0.2) is 6.61 Å². The molecule has 0 bridgehead atoms. The number of carbonyl (C=O) groups is 1. The fourth-order valence-corrected chi connectivity index (χ4v) is 3.50. The number of amides is 1. The van der Waals surface area contributed by atoms with Crippen LogP contribution in [0.3, 0.4) is 0 Å². The van der Waals surface area contributed by atoms with Gasteiger partial charge in [0.25, 0.3) is 5.91 Å². The van der Waals surface area contributed by atoms with Gasteiger partial charge in [0, 0.05) is 16.5 Å². The molecule has 0 aliphatic rings. The number of carbonyl (C=O) groups excluding carboxylic acids is 1. The number of ether oxygens (including phenoxy) is 1. The first kappa shape index (κ1) is 17.2. The van der Waals surface area contributed by atoms with Crippen molar-refractivity contribution in [1.29, 1.82) is 0 Å². The van der Waals surface area contributed by atoms with Gasteiger partial charge in [0.1, 0.15) is 16.9 Å². The van der Waals surface area contributed by atoms with Crippen molar-refractivity contribution in [2.45, 2.75) is 20.8 Å². The second-order valence-corrected chi connectivity index (χ2v) is 6.87. The van der Waals surface area contributed by atoms with Gasteiger partial charge in [-0.25, -0.2) is 0 Å². The number of aryl methyl sites for hydroxylation is 3. The minimum atomic E-state index is -0.179. The molecule has 3 aromatic carbocycles. The topological polar surface area (TPSA) is 51.5 Å². The predicted octanol–water partition coefficient (Wildman–Crippen LogP) is 5.53. The molecule has 1 amide bonds. The first-order valence-corrected chi connectivity index (χ1v) is 8.93. The van der Waals surface area contributed by atoms with Gasteiger partial charge in [-0.15, -0.1) is 0 Å². The van der Waals surface area contributed by atoms with E-state index in [0.717, 1.165) is 38.8 Å². The molecule has 0 saturated heterocycles. The van der Waals surface area contributed by atoms with E-state index in [4.69, 9.17) is 9.15 Å². The van der Waals surface area contributed by atoms with Gasteiger partial charge in [-0.05, 0) is 56.2 Å². The second-order valence-electron chi connectivity index (χ2n) is 6.87. The van der Waals surface area contributed by atoms with Crippen molar-refractivity contribution in [2.75, 3.05) is 11.9 Å². The Morgan fingerprint density at radius 2 is 1.63 bits per heavy atom. The summed E-state index contributed by atoms with van der Waals surface area (Å²) < 4.78 is 11.5. The second kappa shape index (κ2) is 6.80. The number of rotatable bonds is 4. The molecule has 0 atom stereocenters. The highest BCUT2D eigenvalue weighted by Crippen LogP contribution is 2.31. The van der Waals surface area contributed by atoms with Crippen LogP contribution < -0.4 is 10.1 Å². The predicted molar refractivity (Wildman–Crippen MR) is 108 cm³/mol. The lowest BCUT2D eigenvalue weighted by molar-refractivity contribution is -0.118. The molecule has 1 aromatic heterocycles. The van der Waals surface area contributed by atoms with Crippen molar-refractivity contribution in [3.05, 3.63) is 71.3 Å². The molecule has 4 aromatic rings. The monoisotopic (exact) mass is 359 g/mol. The molecule has 0 fully saturated rings. The van der Waals surface area contributed by atoms with Crippen LogP contribution in [0.15, 0.2) is 59.0 Å². The Kier molecular flexibility index (Phi) is 4.32. The fraction of sp³-hybridized carbons (Fsp3) is 0.174. The number of nitrogens with one attached hydrogen (secondary N) is 1. The molecule has 0 radical (unpaired) electrons. The molecule has 4 rings (SSSR count). The normalized spacial score (nSPS) is 11.1. The zero-order valence-corrected chi connectivity index (χ0v) is 15.6. The smallest absolute Gasteiger partial charge is 0.262 e. The maximum atomic E-state index is 12.3. The lowest BCUT2D eigenvalue weighted by Crippen LogP contribution is -2.21. The molecule has 136 valence electrons. The maximum Gasteiger partial charge on any atom is 0.262 e. The van der Waals surface area contributed by atoms with Crippen LogP contribution in [0.1, 0.15) is 16.7 Å². The number of hydrogen-bond acceptors (Lipinski definition) is 3. The molecule has 4 heteroatoms.